The quantitative estimate of drug-likeness (QED) is 0.152. The van der Waals surface area contributed by atoms with Gasteiger partial charge in [0.25, 0.3) is 5.91 Å². The molecule has 0 radical (unpaired) electrons. The summed E-state index contributed by atoms with van der Waals surface area (Å²) in [6, 6.07) is 12.6. The second kappa shape index (κ2) is 17.8. The summed E-state index contributed by atoms with van der Waals surface area (Å²) in [4.78, 5) is 59.2. The number of ether oxygens (including phenoxy) is 1. The number of amides is 3. The highest BCUT2D eigenvalue weighted by Crippen LogP contribution is 2.40. The van der Waals surface area contributed by atoms with Gasteiger partial charge in [0.1, 0.15) is 24.2 Å². The number of imide groups is 1. The Morgan fingerprint density at radius 1 is 0.935 bits per heavy atom. The van der Waals surface area contributed by atoms with E-state index in [9.17, 15) is 14.4 Å². The molecule has 2 N–H and O–H groups in total. The average molecular weight is 844 g/mol. The Balaban J connectivity index is 0.732. The molecule has 2 aromatic heterocycles. The van der Waals surface area contributed by atoms with Gasteiger partial charge in [-0.15, -0.1) is 0 Å². The van der Waals surface area contributed by atoms with Crippen LogP contribution in [0.5, 0.6) is 5.75 Å². The lowest BCUT2D eigenvalue weighted by Crippen LogP contribution is -2.52. The van der Waals surface area contributed by atoms with Crippen molar-refractivity contribution in [3.05, 3.63) is 88.7 Å². The second-order valence-corrected chi connectivity index (χ2v) is 17.1. The second-order valence-electron chi connectivity index (χ2n) is 17.1. The minimum atomic E-state index is -0.652. The Labute approximate surface area is 360 Å². The van der Waals surface area contributed by atoms with E-state index < -0.39 is 23.6 Å². The van der Waals surface area contributed by atoms with Crippen molar-refractivity contribution >= 4 is 35.2 Å². The normalized spacial score (nSPS) is 20.1. The van der Waals surface area contributed by atoms with Crippen LogP contribution >= 0.6 is 0 Å². The summed E-state index contributed by atoms with van der Waals surface area (Å²) in [5, 5.41) is 5.46. The number of fused-ring (bicyclic) bond motifs is 2. The predicted molar refractivity (Wildman–Crippen MR) is 230 cm³/mol. The van der Waals surface area contributed by atoms with Gasteiger partial charge in [-0.25, -0.2) is 23.7 Å². The molecule has 4 aromatic rings. The van der Waals surface area contributed by atoms with E-state index in [0.29, 0.717) is 60.7 Å². The summed E-state index contributed by atoms with van der Waals surface area (Å²) in [6.45, 7) is 10.4. The van der Waals surface area contributed by atoms with Crippen LogP contribution in [0.3, 0.4) is 0 Å². The van der Waals surface area contributed by atoms with Crippen molar-refractivity contribution in [2.75, 3.05) is 56.1 Å². The van der Waals surface area contributed by atoms with E-state index in [-0.39, 0.29) is 41.7 Å². The number of benzene rings is 2. The minimum Gasteiger partial charge on any atom is -0.486 e. The Morgan fingerprint density at radius 3 is 2.52 bits per heavy atom. The third-order valence-electron chi connectivity index (χ3n) is 13.0. The van der Waals surface area contributed by atoms with Crippen molar-refractivity contribution in [3.63, 3.8) is 0 Å². The first-order valence-corrected chi connectivity index (χ1v) is 21.8. The smallest absolute Gasteiger partial charge is 0.255 e. The number of hydrogen-bond acceptors (Lipinski definition) is 11. The molecule has 15 heteroatoms. The Bertz CT molecular complexity index is 2420. The molecule has 0 spiro atoms. The summed E-state index contributed by atoms with van der Waals surface area (Å²) in [5.74, 6) is 5.83. The van der Waals surface area contributed by atoms with E-state index in [4.69, 9.17) is 4.74 Å². The standard InChI is InChI=1S/C47H51F2N9O4/c1-29(2)57-22-23-62-44-37(48)24-33(25-40(44)57)43-38(49)27-51-47(54-43)52-41-11-9-32(26-50-41)30-13-20-56(21-14-30)34-15-18-55(19-16-34)17-4-3-6-31-7-5-8-35-36(31)28-58(46(35)61)39-10-12-42(59)53-45(39)60/h5,7-9,11,24-27,29-30,34,39H,4,10,12-23,28H2,1-2H3,(H,53,59,60)(H,50,51,52,54). The van der Waals surface area contributed by atoms with Crippen molar-refractivity contribution in [2.45, 2.75) is 89.4 Å². The number of aromatic nitrogens is 3. The summed E-state index contributed by atoms with van der Waals surface area (Å²) >= 11 is 0. The molecular weight excluding hydrogens is 793 g/mol. The van der Waals surface area contributed by atoms with Gasteiger partial charge in [-0.05, 0) is 120 Å². The van der Waals surface area contributed by atoms with Crippen LogP contribution in [-0.4, -0.2) is 111 Å². The number of nitrogens with zero attached hydrogens (tertiary/aromatic N) is 7. The molecule has 9 rings (SSSR count). The van der Waals surface area contributed by atoms with E-state index >= 15 is 8.78 Å². The van der Waals surface area contributed by atoms with Crippen LogP contribution in [0.15, 0.2) is 54.9 Å². The zero-order valence-corrected chi connectivity index (χ0v) is 35.1. The fraction of sp³-hybridized carbons (Fsp3) is 0.447. The number of likely N-dealkylation sites (tertiary alicyclic amines) is 2. The molecule has 3 saturated heterocycles. The molecule has 322 valence electrons. The average Bonchev–Trinajstić information content (AvgIpc) is 3.62. The van der Waals surface area contributed by atoms with Crippen molar-refractivity contribution in [2.24, 2.45) is 0 Å². The van der Waals surface area contributed by atoms with E-state index in [2.05, 4.69) is 53.3 Å². The summed E-state index contributed by atoms with van der Waals surface area (Å²) in [7, 11) is 0. The molecule has 0 aliphatic carbocycles. The Hall–Kier alpha value is -5.98. The van der Waals surface area contributed by atoms with Crippen molar-refractivity contribution < 1.29 is 27.9 Å². The lowest BCUT2D eigenvalue weighted by molar-refractivity contribution is -0.136. The molecule has 3 fully saturated rings. The van der Waals surface area contributed by atoms with E-state index in [1.54, 1.807) is 17.0 Å². The number of piperidine rings is 3. The molecule has 62 heavy (non-hydrogen) atoms. The molecule has 13 nitrogen and oxygen atoms in total. The molecule has 0 bridgehead atoms. The number of anilines is 3. The Kier molecular flexibility index (Phi) is 11.9. The van der Waals surface area contributed by atoms with Gasteiger partial charge in [0.05, 0.1) is 18.4 Å². The minimum absolute atomic E-state index is 0.00675. The molecule has 1 atom stereocenters. The number of hydrogen-bond donors (Lipinski definition) is 2. The van der Waals surface area contributed by atoms with Gasteiger partial charge in [0.2, 0.25) is 17.8 Å². The number of rotatable bonds is 9. The fourth-order valence-electron chi connectivity index (χ4n) is 9.62. The predicted octanol–water partition coefficient (Wildman–Crippen LogP) is 6.01. The van der Waals surface area contributed by atoms with E-state index in [0.717, 1.165) is 82.2 Å². The van der Waals surface area contributed by atoms with Crippen LogP contribution in [0.25, 0.3) is 11.3 Å². The van der Waals surface area contributed by atoms with Crippen LogP contribution in [-0.2, 0) is 16.1 Å². The van der Waals surface area contributed by atoms with Gasteiger partial charge in [-0.3, -0.25) is 19.7 Å². The monoisotopic (exact) mass is 843 g/mol. The third kappa shape index (κ3) is 8.58. The highest BCUT2D eigenvalue weighted by atomic mass is 19.1. The van der Waals surface area contributed by atoms with E-state index in [1.807, 2.05) is 43.1 Å². The van der Waals surface area contributed by atoms with Crippen LogP contribution in [0.2, 0.25) is 0 Å². The highest BCUT2D eigenvalue weighted by molar-refractivity contribution is 6.05. The van der Waals surface area contributed by atoms with Gasteiger partial charge >= 0.3 is 0 Å². The number of nitrogens with one attached hydrogen (secondary N) is 2. The maximum Gasteiger partial charge on any atom is 0.255 e. The zero-order valence-electron chi connectivity index (χ0n) is 35.1. The van der Waals surface area contributed by atoms with Gasteiger partial charge in [0.15, 0.2) is 17.4 Å². The molecular formula is C47H51F2N9O4. The lowest BCUT2D eigenvalue weighted by atomic mass is 9.89. The first-order valence-electron chi connectivity index (χ1n) is 21.8. The summed E-state index contributed by atoms with van der Waals surface area (Å²) in [5.41, 5.74) is 4.32. The molecule has 1 unspecified atom stereocenters. The maximum atomic E-state index is 15.2. The van der Waals surface area contributed by atoms with Crippen molar-refractivity contribution in [3.8, 4) is 28.8 Å². The summed E-state index contributed by atoms with van der Waals surface area (Å²) < 4.78 is 35.8. The topological polar surface area (TPSA) is 136 Å². The lowest BCUT2D eigenvalue weighted by Gasteiger charge is -2.41. The van der Waals surface area contributed by atoms with Crippen molar-refractivity contribution in [1.29, 1.82) is 0 Å². The van der Waals surface area contributed by atoms with Crippen LogP contribution in [0.4, 0.5) is 26.2 Å². The third-order valence-corrected chi connectivity index (χ3v) is 13.0. The SMILES string of the molecule is CC(C)N1CCOc2c(F)cc(-c3nc(Nc4ccc(C5CCN(C6CCN(CCC#Cc7cccc8c7CN(C7CCC(=O)NC7=O)C8=O)CC6)CC5)cn4)ncc3F)cc21. The highest BCUT2D eigenvalue weighted by Gasteiger charge is 2.40. The molecule has 3 amide bonds. The number of carbonyl (C=O) groups excluding carboxylic acids is 3. The molecule has 5 aliphatic rings. The van der Waals surface area contributed by atoms with E-state index in [1.165, 1.54) is 11.6 Å². The van der Waals surface area contributed by atoms with Crippen LogP contribution in [0, 0.1) is 23.5 Å². The van der Waals surface area contributed by atoms with Gasteiger partial charge in [-0.1, -0.05) is 24.0 Å². The molecule has 5 aliphatic heterocycles. The van der Waals surface area contributed by atoms with Crippen LogP contribution in [0.1, 0.15) is 91.8 Å². The molecule has 0 saturated carbocycles. The van der Waals surface area contributed by atoms with Gasteiger partial charge in [-0.2, -0.15) is 0 Å². The maximum absolute atomic E-state index is 15.2. The first kappa shape index (κ1) is 41.4. The summed E-state index contributed by atoms with van der Waals surface area (Å²) in [6.07, 6.45) is 8.66. The number of carbonyl (C=O) groups is 3. The van der Waals surface area contributed by atoms with Gasteiger partial charge in [0, 0.05) is 60.9 Å². The Morgan fingerprint density at radius 2 is 1.76 bits per heavy atom. The van der Waals surface area contributed by atoms with Crippen LogP contribution < -0.4 is 20.3 Å². The van der Waals surface area contributed by atoms with Gasteiger partial charge < -0.3 is 29.7 Å². The molecule has 2 aromatic carbocycles. The number of pyridine rings is 1. The van der Waals surface area contributed by atoms with Crippen molar-refractivity contribution in [1.82, 2.24) is 35.0 Å². The fourth-order valence-corrected chi connectivity index (χ4v) is 9.62. The largest absolute Gasteiger partial charge is 0.486 e. The zero-order chi connectivity index (χ0) is 42.9. The molecule has 7 heterocycles. The number of halogens is 2. The first-order chi connectivity index (χ1) is 30.1.